The number of nitrogens with zero attached hydrogens (tertiary/aromatic N) is 1. The first kappa shape index (κ1) is 12.1. The standard InChI is InChI=1S/C13H18N2O2/c16-13(17)9-11-1-3-12(4-2-11)10-15-7-5-14-6-8-15/h1-4,14H,5-10H2,(H,16,17). The number of aliphatic carboxylic acids is 1. The van der Waals surface area contributed by atoms with E-state index in [-0.39, 0.29) is 6.42 Å². The number of hydrogen-bond donors (Lipinski definition) is 2. The zero-order valence-electron chi connectivity index (χ0n) is 9.85. The lowest BCUT2D eigenvalue weighted by atomic mass is 10.1. The zero-order valence-corrected chi connectivity index (χ0v) is 9.85. The maximum atomic E-state index is 10.6. The van der Waals surface area contributed by atoms with Crippen molar-refractivity contribution in [1.82, 2.24) is 10.2 Å². The van der Waals surface area contributed by atoms with E-state index in [9.17, 15) is 4.79 Å². The third-order valence-corrected chi connectivity index (χ3v) is 2.99. The molecule has 17 heavy (non-hydrogen) atoms. The van der Waals surface area contributed by atoms with Crippen molar-refractivity contribution in [3.05, 3.63) is 35.4 Å². The van der Waals surface area contributed by atoms with Gasteiger partial charge in [-0.3, -0.25) is 9.69 Å². The molecule has 0 aliphatic carbocycles. The lowest BCUT2D eigenvalue weighted by Crippen LogP contribution is -2.42. The highest BCUT2D eigenvalue weighted by Crippen LogP contribution is 2.08. The van der Waals surface area contributed by atoms with Crippen LogP contribution in [-0.4, -0.2) is 42.2 Å². The first-order valence-corrected chi connectivity index (χ1v) is 5.97. The summed E-state index contributed by atoms with van der Waals surface area (Å²) in [6, 6.07) is 7.87. The molecule has 0 bridgehead atoms. The minimum absolute atomic E-state index is 0.105. The van der Waals surface area contributed by atoms with Crippen molar-refractivity contribution >= 4 is 5.97 Å². The fraction of sp³-hybridized carbons (Fsp3) is 0.462. The molecule has 0 radical (unpaired) electrons. The molecule has 92 valence electrons. The minimum Gasteiger partial charge on any atom is -0.481 e. The molecule has 0 spiro atoms. The quantitative estimate of drug-likeness (QED) is 0.806. The summed E-state index contributed by atoms with van der Waals surface area (Å²) in [5.41, 5.74) is 2.11. The van der Waals surface area contributed by atoms with Gasteiger partial charge in [-0.2, -0.15) is 0 Å². The summed E-state index contributed by atoms with van der Waals surface area (Å²) in [5.74, 6) is -0.778. The van der Waals surface area contributed by atoms with Gasteiger partial charge in [-0.1, -0.05) is 24.3 Å². The van der Waals surface area contributed by atoms with Crippen molar-refractivity contribution in [2.75, 3.05) is 26.2 Å². The minimum atomic E-state index is -0.778. The lowest BCUT2D eigenvalue weighted by Gasteiger charge is -2.27. The van der Waals surface area contributed by atoms with Gasteiger partial charge in [0, 0.05) is 32.7 Å². The van der Waals surface area contributed by atoms with Crippen molar-refractivity contribution in [3.8, 4) is 0 Å². The molecule has 4 heteroatoms. The predicted octanol–water partition coefficient (Wildman–Crippen LogP) is 0.719. The summed E-state index contributed by atoms with van der Waals surface area (Å²) < 4.78 is 0. The normalized spacial score (nSPS) is 16.9. The van der Waals surface area contributed by atoms with Crippen LogP contribution in [0.4, 0.5) is 0 Å². The van der Waals surface area contributed by atoms with Crippen LogP contribution in [0.25, 0.3) is 0 Å². The topological polar surface area (TPSA) is 52.6 Å². The molecule has 0 amide bonds. The Balaban J connectivity index is 1.90. The van der Waals surface area contributed by atoms with Crippen LogP contribution >= 0.6 is 0 Å². The first-order valence-electron chi connectivity index (χ1n) is 5.97. The second-order valence-electron chi connectivity index (χ2n) is 4.41. The Labute approximate surface area is 101 Å². The monoisotopic (exact) mass is 234 g/mol. The third-order valence-electron chi connectivity index (χ3n) is 2.99. The van der Waals surface area contributed by atoms with Crippen LogP contribution in [0.5, 0.6) is 0 Å². The van der Waals surface area contributed by atoms with Gasteiger partial charge in [0.2, 0.25) is 0 Å². The number of carboxylic acids is 1. The third kappa shape index (κ3) is 3.84. The van der Waals surface area contributed by atoms with Gasteiger partial charge < -0.3 is 10.4 Å². The van der Waals surface area contributed by atoms with Crippen LogP contribution in [0.3, 0.4) is 0 Å². The van der Waals surface area contributed by atoms with E-state index < -0.39 is 5.97 Å². The Kier molecular flexibility index (Phi) is 4.12. The van der Waals surface area contributed by atoms with E-state index in [1.54, 1.807) is 0 Å². The van der Waals surface area contributed by atoms with E-state index in [1.165, 1.54) is 5.56 Å². The molecule has 1 aliphatic heterocycles. The van der Waals surface area contributed by atoms with E-state index in [0.717, 1.165) is 38.3 Å². The van der Waals surface area contributed by atoms with E-state index >= 15 is 0 Å². The number of piperazine rings is 1. The summed E-state index contributed by atoms with van der Waals surface area (Å²) in [7, 11) is 0. The summed E-state index contributed by atoms with van der Waals surface area (Å²) in [6.45, 7) is 5.22. The Morgan fingerprint density at radius 2 is 1.76 bits per heavy atom. The van der Waals surface area contributed by atoms with Crippen molar-refractivity contribution in [2.24, 2.45) is 0 Å². The maximum absolute atomic E-state index is 10.6. The molecule has 0 unspecified atom stereocenters. The Morgan fingerprint density at radius 1 is 1.18 bits per heavy atom. The van der Waals surface area contributed by atoms with Gasteiger partial charge in [0.15, 0.2) is 0 Å². The molecule has 1 aliphatic rings. The second kappa shape index (κ2) is 5.80. The SMILES string of the molecule is O=C(O)Cc1ccc(CN2CCNCC2)cc1. The smallest absolute Gasteiger partial charge is 0.307 e. The number of hydrogen-bond acceptors (Lipinski definition) is 3. The number of carbonyl (C=O) groups is 1. The Hall–Kier alpha value is -1.39. The summed E-state index contributed by atoms with van der Waals surface area (Å²) in [4.78, 5) is 13.0. The van der Waals surface area contributed by atoms with Crippen molar-refractivity contribution < 1.29 is 9.90 Å². The van der Waals surface area contributed by atoms with E-state index in [4.69, 9.17) is 5.11 Å². The molecular formula is C13H18N2O2. The summed E-state index contributed by atoms with van der Waals surface area (Å²) >= 11 is 0. The number of benzene rings is 1. The van der Waals surface area contributed by atoms with Crippen LogP contribution in [-0.2, 0) is 17.8 Å². The average molecular weight is 234 g/mol. The highest BCUT2D eigenvalue weighted by Gasteiger charge is 2.09. The summed E-state index contributed by atoms with van der Waals surface area (Å²) in [5, 5.41) is 12.0. The van der Waals surface area contributed by atoms with Crippen LogP contribution < -0.4 is 5.32 Å². The van der Waals surface area contributed by atoms with E-state index in [1.807, 2.05) is 24.3 Å². The molecule has 1 fully saturated rings. The van der Waals surface area contributed by atoms with Crippen molar-refractivity contribution in [1.29, 1.82) is 0 Å². The molecule has 1 aromatic rings. The van der Waals surface area contributed by atoms with Gasteiger partial charge in [-0.25, -0.2) is 0 Å². The molecule has 1 saturated heterocycles. The maximum Gasteiger partial charge on any atom is 0.307 e. The van der Waals surface area contributed by atoms with Crippen molar-refractivity contribution in [3.63, 3.8) is 0 Å². The van der Waals surface area contributed by atoms with Crippen LogP contribution in [0.15, 0.2) is 24.3 Å². The predicted molar refractivity (Wildman–Crippen MR) is 65.9 cm³/mol. The molecule has 2 rings (SSSR count). The highest BCUT2D eigenvalue weighted by atomic mass is 16.4. The molecule has 2 N–H and O–H groups in total. The van der Waals surface area contributed by atoms with E-state index in [2.05, 4.69) is 10.2 Å². The van der Waals surface area contributed by atoms with Crippen molar-refractivity contribution in [2.45, 2.75) is 13.0 Å². The van der Waals surface area contributed by atoms with Gasteiger partial charge in [0.1, 0.15) is 0 Å². The van der Waals surface area contributed by atoms with Gasteiger partial charge >= 0.3 is 5.97 Å². The molecule has 1 aromatic carbocycles. The fourth-order valence-corrected chi connectivity index (χ4v) is 2.06. The zero-order chi connectivity index (χ0) is 12.1. The fourth-order valence-electron chi connectivity index (χ4n) is 2.06. The molecule has 1 heterocycles. The molecular weight excluding hydrogens is 216 g/mol. The largest absolute Gasteiger partial charge is 0.481 e. The molecule has 0 aromatic heterocycles. The number of nitrogens with one attached hydrogen (secondary N) is 1. The van der Waals surface area contributed by atoms with Crippen LogP contribution in [0, 0.1) is 0 Å². The van der Waals surface area contributed by atoms with E-state index in [0.29, 0.717) is 0 Å². The Morgan fingerprint density at radius 3 is 2.35 bits per heavy atom. The van der Waals surface area contributed by atoms with Crippen LogP contribution in [0.2, 0.25) is 0 Å². The van der Waals surface area contributed by atoms with Crippen LogP contribution in [0.1, 0.15) is 11.1 Å². The van der Waals surface area contributed by atoms with Gasteiger partial charge in [-0.15, -0.1) is 0 Å². The Bertz CT molecular complexity index is 370. The number of rotatable bonds is 4. The number of carboxylic acid groups (broad SMARTS) is 1. The lowest BCUT2D eigenvalue weighted by molar-refractivity contribution is -0.136. The average Bonchev–Trinajstić information content (AvgIpc) is 2.32. The van der Waals surface area contributed by atoms with Gasteiger partial charge in [0.25, 0.3) is 0 Å². The molecule has 0 saturated carbocycles. The summed E-state index contributed by atoms with van der Waals surface area (Å²) in [6.07, 6.45) is 0.105. The molecule has 0 atom stereocenters. The first-order chi connectivity index (χ1) is 8.24. The van der Waals surface area contributed by atoms with Gasteiger partial charge in [0.05, 0.1) is 6.42 Å². The highest BCUT2D eigenvalue weighted by molar-refractivity contribution is 5.70. The second-order valence-corrected chi connectivity index (χ2v) is 4.41. The molecule has 4 nitrogen and oxygen atoms in total. The van der Waals surface area contributed by atoms with Gasteiger partial charge in [-0.05, 0) is 11.1 Å².